The molecular formula is C11H12BrFN2O5. The Morgan fingerprint density at radius 1 is 1.55 bits per heavy atom. The molecule has 2 heterocycles. The van der Waals surface area contributed by atoms with Crippen molar-refractivity contribution in [3.05, 3.63) is 37.6 Å². The number of ether oxygens (including phenoxy) is 1. The molecular weight excluding hydrogens is 339 g/mol. The quantitative estimate of drug-likeness (QED) is 0.681. The summed E-state index contributed by atoms with van der Waals surface area (Å²) in [5.41, 5.74) is -1.38. The summed E-state index contributed by atoms with van der Waals surface area (Å²) in [6.07, 6.45) is -3.46. The molecule has 20 heavy (non-hydrogen) atoms. The average molecular weight is 351 g/mol. The number of hydrogen-bond donors (Lipinski definition) is 3. The Morgan fingerprint density at radius 2 is 2.25 bits per heavy atom. The van der Waals surface area contributed by atoms with Crippen LogP contribution in [0.1, 0.15) is 11.8 Å². The summed E-state index contributed by atoms with van der Waals surface area (Å²) < 4.78 is 19.9. The number of aromatic nitrogens is 2. The molecule has 1 aliphatic rings. The second-order valence-electron chi connectivity index (χ2n) is 4.23. The van der Waals surface area contributed by atoms with Crippen molar-refractivity contribution in [1.82, 2.24) is 9.55 Å². The first kappa shape index (κ1) is 15.1. The van der Waals surface area contributed by atoms with Gasteiger partial charge in [-0.15, -0.1) is 0 Å². The fraction of sp³-hybridized carbons (Fsp3) is 0.455. The Bertz CT molecular complexity index is 628. The van der Waals surface area contributed by atoms with E-state index in [0.29, 0.717) is 0 Å². The zero-order valence-corrected chi connectivity index (χ0v) is 11.7. The fourth-order valence-electron chi connectivity index (χ4n) is 1.95. The van der Waals surface area contributed by atoms with Crippen molar-refractivity contribution < 1.29 is 19.3 Å². The molecule has 0 unspecified atom stereocenters. The zero-order chi connectivity index (χ0) is 14.9. The zero-order valence-electron chi connectivity index (χ0n) is 10.1. The minimum atomic E-state index is -1.89. The van der Waals surface area contributed by atoms with E-state index in [1.54, 1.807) is 0 Å². The highest BCUT2D eigenvalue weighted by Gasteiger charge is 2.45. The van der Waals surface area contributed by atoms with Gasteiger partial charge in [-0.1, -0.05) is 15.9 Å². The van der Waals surface area contributed by atoms with Crippen molar-refractivity contribution in [3.63, 3.8) is 0 Å². The van der Waals surface area contributed by atoms with Crippen molar-refractivity contribution in [1.29, 1.82) is 0 Å². The van der Waals surface area contributed by atoms with Crippen LogP contribution in [0.25, 0.3) is 6.08 Å². The molecule has 1 aliphatic heterocycles. The SMILES string of the molecule is O=c1[nH]c(=O)n([C@H]2O[C@@H](CO)[C@H](O)[C@H]2F)cc1/C=C/Br. The predicted molar refractivity (Wildman–Crippen MR) is 71.2 cm³/mol. The molecule has 1 fully saturated rings. The maximum absolute atomic E-state index is 13.9. The molecule has 2 rings (SSSR count). The van der Waals surface area contributed by atoms with Crippen LogP contribution in [0.5, 0.6) is 0 Å². The molecule has 0 spiro atoms. The third kappa shape index (κ3) is 2.62. The van der Waals surface area contributed by atoms with Crippen LogP contribution < -0.4 is 11.2 Å². The van der Waals surface area contributed by atoms with Crippen molar-refractivity contribution >= 4 is 22.0 Å². The molecule has 0 saturated carbocycles. The number of rotatable bonds is 3. The summed E-state index contributed by atoms with van der Waals surface area (Å²) in [7, 11) is 0. The van der Waals surface area contributed by atoms with Gasteiger partial charge < -0.3 is 14.9 Å². The lowest BCUT2D eigenvalue weighted by molar-refractivity contribution is -0.0491. The van der Waals surface area contributed by atoms with E-state index >= 15 is 0 Å². The van der Waals surface area contributed by atoms with Gasteiger partial charge in [-0.25, -0.2) is 9.18 Å². The Labute approximate surface area is 120 Å². The monoisotopic (exact) mass is 350 g/mol. The van der Waals surface area contributed by atoms with Crippen LogP contribution in [0.4, 0.5) is 4.39 Å². The van der Waals surface area contributed by atoms with Crippen LogP contribution in [-0.4, -0.2) is 44.8 Å². The molecule has 0 aliphatic carbocycles. The van der Waals surface area contributed by atoms with Crippen LogP contribution in [0.3, 0.4) is 0 Å². The molecule has 0 amide bonds. The van der Waals surface area contributed by atoms with Crippen molar-refractivity contribution in [2.24, 2.45) is 0 Å². The lowest BCUT2D eigenvalue weighted by Gasteiger charge is -2.16. The van der Waals surface area contributed by atoms with E-state index in [0.717, 1.165) is 10.8 Å². The standard InChI is InChI=1S/C11H12BrFN2O5/c12-2-1-5-3-15(11(19)14-9(5)18)10-7(13)8(17)6(4-16)20-10/h1-3,6-8,10,16-17H,4H2,(H,14,18,19)/b2-1+/t6-,7+,8-,10-/m0/s1. The van der Waals surface area contributed by atoms with Crippen LogP contribution in [0.2, 0.25) is 0 Å². The molecule has 7 nitrogen and oxygen atoms in total. The first-order valence-corrected chi connectivity index (χ1v) is 6.62. The van der Waals surface area contributed by atoms with E-state index in [1.165, 1.54) is 11.1 Å². The first-order chi connectivity index (χ1) is 9.49. The molecule has 1 aromatic heterocycles. The molecule has 1 saturated heterocycles. The number of aliphatic hydroxyl groups excluding tert-OH is 2. The molecule has 0 bridgehead atoms. The highest BCUT2D eigenvalue weighted by Crippen LogP contribution is 2.30. The summed E-state index contributed by atoms with van der Waals surface area (Å²) >= 11 is 2.99. The summed E-state index contributed by atoms with van der Waals surface area (Å²) in [4.78, 5) is 26.6. The maximum Gasteiger partial charge on any atom is 0.330 e. The molecule has 110 valence electrons. The number of aliphatic hydroxyl groups is 2. The number of alkyl halides is 1. The van der Waals surface area contributed by atoms with E-state index < -0.39 is 42.5 Å². The minimum Gasteiger partial charge on any atom is -0.394 e. The summed E-state index contributed by atoms with van der Waals surface area (Å²) in [5, 5.41) is 18.5. The number of hydrogen-bond acceptors (Lipinski definition) is 5. The highest BCUT2D eigenvalue weighted by molar-refractivity contribution is 9.11. The van der Waals surface area contributed by atoms with Gasteiger partial charge in [0.2, 0.25) is 0 Å². The van der Waals surface area contributed by atoms with Gasteiger partial charge in [0.25, 0.3) is 5.56 Å². The average Bonchev–Trinajstić information content (AvgIpc) is 2.70. The lowest BCUT2D eigenvalue weighted by atomic mass is 10.1. The third-order valence-electron chi connectivity index (χ3n) is 2.99. The number of aromatic amines is 1. The smallest absolute Gasteiger partial charge is 0.330 e. The molecule has 0 radical (unpaired) electrons. The minimum absolute atomic E-state index is 0.110. The van der Waals surface area contributed by atoms with Crippen LogP contribution in [-0.2, 0) is 4.74 Å². The Morgan fingerprint density at radius 3 is 2.80 bits per heavy atom. The third-order valence-corrected chi connectivity index (χ3v) is 3.25. The Kier molecular flexibility index (Phi) is 4.53. The summed E-state index contributed by atoms with van der Waals surface area (Å²) in [5.74, 6) is 0. The number of nitrogens with zero attached hydrogens (tertiary/aromatic N) is 1. The molecule has 1 aromatic rings. The van der Waals surface area contributed by atoms with Gasteiger partial charge in [0.15, 0.2) is 12.4 Å². The van der Waals surface area contributed by atoms with Crippen LogP contribution in [0.15, 0.2) is 20.8 Å². The molecule has 9 heteroatoms. The summed E-state index contributed by atoms with van der Waals surface area (Å²) in [6.45, 7) is -0.579. The normalized spacial score (nSPS) is 30.2. The van der Waals surface area contributed by atoms with Crippen molar-refractivity contribution in [2.45, 2.75) is 24.6 Å². The topological polar surface area (TPSA) is 105 Å². The fourth-order valence-corrected chi connectivity index (χ4v) is 2.24. The number of halogens is 2. The van der Waals surface area contributed by atoms with E-state index in [-0.39, 0.29) is 5.56 Å². The van der Waals surface area contributed by atoms with E-state index in [2.05, 4.69) is 15.9 Å². The van der Waals surface area contributed by atoms with E-state index in [9.17, 15) is 19.1 Å². The van der Waals surface area contributed by atoms with Crippen LogP contribution in [0, 0.1) is 0 Å². The predicted octanol–water partition coefficient (Wildman–Crippen LogP) is -0.509. The van der Waals surface area contributed by atoms with Crippen LogP contribution >= 0.6 is 15.9 Å². The lowest BCUT2D eigenvalue weighted by Crippen LogP contribution is -2.36. The van der Waals surface area contributed by atoms with Gasteiger partial charge in [-0.05, 0) is 11.1 Å². The highest BCUT2D eigenvalue weighted by atomic mass is 79.9. The van der Waals surface area contributed by atoms with E-state index in [1.807, 2.05) is 4.98 Å². The molecule has 0 aromatic carbocycles. The van der Waals surface area contributed by atoms with Gasteiger partial charge in [-0.3, -0.25) is 14.3 Å². The molecule has 4 atom stereocenters. The Hall–Kier alpha value is -1.29. The van der Waals surface area contributed by atoms with Gasteiger partial charge in [-0.2, -0.15) is 0 Å². The van der Waals surface area contributed by atoms with Crippen molar-refractivity contribution in [2.75, 3.05) is 6.61 Å². The summed E-state index contributed by atoms with van der Waals surface area (Å²) in [6, 6.07) is 0. The second kappa shape index (κ2) is 6.00. The van der Waals surface area contributed by atoms with Gasteiger partial charge in [0, 0.05) is 6.20 Å². The molecule has 3 N–H and O–H groups in total. The number of H-pyrrole nitrogens is 1. The Balaban J connectivity index is 2.46. The van der Waals surface area contributed by atoms with Gasteiger partial charge >= 0.3 is 5.69 Å². The van der Waals surface area contributed by atoms with Gasteiger partial charge in [0.1, 0.15) is 12.2 Å². The van der Waals surface area contributed by atoms with Gasteiger partial charge in [0.05, 0.1) is 12.2 Å². The maximum atomic E-state index is 13.9. The number of nitrogens with one attached hydrogen (secondary N) is 1. The second-order valence-corrected chi connectivity index (χ2v) is 4.75. The largest absolute Gasteiger partial charge is 0.394 e. The van der Waals surface area contributed by atoms with E-state index in [4.69, 9.17) is 9.84 Å². The first-order valence-electron chi connectivity index (χ1n) is 5.70. The van der Waals surface area contributed by atoms with Crippen molar-refractivity contribution in [3.8, 4) is 0 Å².